The number of hydrogen-bond acceptors (Lipinski definition) is 4. The molecule has 1 amide bonds. The Kier molecular flexibility index (Phi) is 4.51. The van der Waals surface area contributed by atoms with Crippen LogP contribution in [0.2, 0.25) is 0 Å². The molecule has 1 aromatic heterocycles. The lowest BCUT2D eigenvalue weighted by atomic mass is 10.2. The van der Waals surface area contributed by atoms with Crippen molar-refractivity contribution in [1.29, 1.82) is 0 Å². The lowest BCUT2D eigenvalue weighted by Crippen LogP contribution is -2.41. The Morgan fingerprint density at radius 3 is 2.62 bits per heavy atom. The van der Waals surface area contributed by atoms with E-state index in [1.165, 1.54) is 12.1 Å². The highest BCUT2D eigenvalue weighted by atomic mass is 79.9. The number of carbonyl (C=O) groups excluding carboxylic acids is 1. The predicted molar refractivity (Wildman–Crippen MR) is 57.0 cm³/mol. The van der Waals surface area contributed by atoms with Crippen LogP contribution in [0, 0.1) is 0 Å². The van der Waals surface area contributed by atoms with Gasteiger partial charge in [-0.1, -0.05) is 0 Å². The topological polar surface area (TPSA) is 99.8 Å². The molecular formula is C9H10BrNO5. The van der Waals surface area contributed by atoms with Crippen LogP contribution in [0.4, 0.5) is 0 Å². The van der Waals surface area contributed by atoms with E-state index < -0.39 is 17.9 Å². The van der Waals surface area contributed by atoms with E-state index in [0.717, 1.165) is 0 Å². The Hall–Kier alpha value is -1.34. The molecule has 0 aliphatic rings. The van der Waals surface area contributed by atoms with Crippen molar-refractivity contribution in [3.63, 3.8) is 0 Å². The average Bonchev–Trinajstić information content (AvgIpc) is 2.64. The second kappa shape index (κ2) is 5.66. The summed E-state index contributed by atoms with van der Waals surface area (Å²) in [6.45, 7) is -0.320. The molecule has 1 aromatic rings. The molecule has 1 heterocycles. The zero-order chi connectivity index (χ0) is 12.1. The summed E-state index contributed by atoms with van der Waals surface area (Å²) >= 11 is 3.02. The third-order valence-electron chi connectivity index (χ3n) is 1.82. The van der Waals surface area contributed by atoms with Crippen molar-refractivity contribution in [3.05, 3.63) is 22.6 Å². The van der Waals surface area contributed by atoms with Crippen molar-refractivity contribution in [2.45, 2.75) is 12.5 Å². The normalized spacial score (nSPS) is 12.1. The highest BCUT2D eigenvalue weighted by molar-refractivity contribution is 9.10. The lowest BCUT2D eigenvalue weighted by Gasteiger charge is -2.11. The number of rotatable bonds is 5. The quantitative estimate of drug-likeness (QED) is 0.738. The number of furan rings is 1. The van der Waals surface area contributed by atoms with Crippen LogP contribution in [0.25, 0.3) is 0 Å². The van der Waals surface area contributed by atoms with E-state index in [1.807, 2.05) is 0 Å². The van der Waals surface area contributed by atoms with E-state index in [-0.39, 0.29) is 18.8 Å². The van der Waals surface area contributed by atoms with Crippen molar-refractivity contribution >= 4 is 27.8 Å². The molecule has 16 heavy (non-hydrogen) atoms. The van der Waals surface area contributed by atoms with Gasteiger partial charge >= 0.3 is 5.97 Å². The van der Waals surface area contributed by atoms with E-state index >= 15 is 0 Å². The van der Waals surface area contributed by atoms with Gasteiger partial charge in [-0.2, -0.15) is 0 Å². The summed E-state index contributed by atoms with van der Waals surface area (Å²) in [5, 5.41) is 19.6. The maximum absolute atomic E-state index is 11.5. The number of hydrogen-bond donors (Lipinski definition) is 3. The summed E-state index contributed by atoms with van der Waals surface area (Å²) in [6.07, 6.45) is -0.0526. The smallest absolute Gasteiger partial charge is 0.326 e. The van der Waals surface area contributed by atoms with Gasteiger partial charge in [0, 0.05) is 13.0 Å². The first-order valence-corrected chi connectivity index (χ1v) is 5.23. The largest absolute Gasteiger partial charge is 0.480 e. The van der Waals surface area contributed by atoms with Gasteiger partial charge in [0.15, 0.2) is 10.4 Å². The van der Waals surface area contributed by atoms with E-state index in [0.29, 0.717) is 4.67 Å². The number of nitrogens with one attached hydrogen (secondary N) is 1. The van der Waals surface area contributed by atoms with Crippen LogP contribution in [-0.2, 0) is 4.79 Å². The zero-order valence-electron chi connectivity index (χ0n) is 8.14. The van der Waals surface area contributed by atoms with E-state index in [1.54, 1.807) is 0 Å². The van der Waals surface area contributed by atoms with Crippen LogP contribution >= 0.6 is 15.9 Å². The Bertz CT molecular complexity index is 389. The van der Waals surface area contributed by atoms with Gasteiger partial charge in [-0.3, -0.25) is 4.79 Å². The lowest BCUT2D eigenvalue weighted by molar-refractivity contribution is -0.139. The Labute approximate surface area is 99.4 Å². The van der Waals surface area contributed by atoms with Crippen molar-refractivity contribution < 1.29 is 24.2 Å². The first-order chi connectivity index (χ1) is 7.54. The molecule has 3 N–H and O–H groups in total. The fourth-order valence-electron chi connectivity index (χ4n) is 1.05. The van der Waals surface area contributed by atoms with E-state index in [4.69, 9.17) is 14.6 Å². The molecule has 1 atom stereocenters. The van der Waals surface area contributed by atoms with Crippen LogP contribution in [-0.4, -0.2) is 34.7 Å². The monoisotopic (exact) mass is 291 g/mol. The van der Waals surface area contributed by atoms with Crippen LogP contribution in [0.1, 0.15) is 17.0 Å². The van der Waals surface area contributed by atoms with Gasteiger partial charge in [-0.15, -0.1) is 0 Å². The molecule has 88 valence electrons. The molecule has 1 rings (SSSR count). The Morgan fingerprint density at radius 2 is 2.19 bits per heavy atom. The molecule has 6 nitrogen and oxygen atoms in total. The van der Waals surface area contributed by atoms with Gasteiger partial charge in [0.05, 0.1) is 0 Å². The summed E-state index contributed by atoms with van der Waals surface area (Å²) in [7, 11) is 0. The number of carbonyl (C=O) groups is 2. The molecule has 0 aromatic carbocycles. The fraction of sp³-hybridized carbons (Fsp3) is 0.333. The number of aliphatic hydroxyl groups excluding tert-OH is 1. The summed E-state index contributed by atoms with van der Waals surface area (Å²) in [5.41, 5.74) is 0. The van der Waals surface area contributed by atoms with Gasteiger partial charge < -0.3 is 19.9 Å². The molecule has 0 radical (unpaired) electrons. The SMILES string of the molecule is O=C(N[C@H](CCO)C(=O)O)c1ccc(Br)o1. The molecule has 7 heteroatoms. The number of carboxylic acid groups (broad SMARTS) is 1. The summed E-state index contributed by atoms with van der Waals surface area (Å²) in [6, 6.07) is 1.81. The van der Waals surface area contributed by atoms with Crippen LogP contribution in [0.15, 0.2) is 21.2 Å². The number of amides is 1. The highest BCUT2D eigenvalue weighted by Crippen LogP contribution is 2.14. The van der Waals surface area contributed by atoms with Gasteiger partial charge in [0.25, 0.3) is 5.91 Å². The summed E-state index contributed by atoms with van der Waals surface area (Å²) in [4.78, 5) is 22.2. The minimum atomic E-state index is -1.20. The Morgan fingerprint density at radius 1 is 1.50 bits per heavy atom. The van der Waals surface area contributed by atoms with Crippen molar-refractivity contribution in [3.8, 4) is 0 Å². The second-order valence-corrected chi connectivity index (χ2v) is 3.76. The first kappa shape index (κ1) is 12.7. The minimum absolute atomic E-state index is 0.0102. The van der Waals surface area contributed by atoms with Crippen LogP contribution < -0.4 is 5.32 Å². The molecular weight excluding hydrogens is 282 g/mol. The van der Waals surface area contributed by atoms with Gasteiger partial charge in [0.1, 0.15) is 6.04 Å². The molecule has 0 spiro atoms. The number of aliphatic carboxylic acids is 1. The highest BCUT2D eigenvalue weighted by Gasteiger charge is 2.21. The zero-order valence-corrected chi connectivity index (χ0v) is 9.73. The maximum atomic E-state index is 11.5. The third-order valence-corrected chi connectivity index (χ3v) is 2.24. The number of aliphatic hydroxyl groups is 1. The molecule has 0 bridgehead atoms. The molecule has 0 aliphatic heterocycles. The van der Waals surface area contributed by atoms with E-state index in [2.05, 4.69) is 21.2 Å². The van der Waals surface area contributed by atoms with Gasteiger partial charge in [-0.25, -0.2) is 4.79 Å². The fourth-order valence-corrected chi connectivity index (χ4v) is 1.36. The molecule has 0 aliphatic carbocycles. The third kappa shape index (κ3) is 3.35. The molecule has 0 unspecified atom stereocenters. The van der Waals surface area contributed by atoms with Crippen molar-refractivity contribution in [2.75, 3.05) is 6.61 Å². The molecule has 0 saturated carbocycles. The van der Waals surface area contributed by atoms with Gasteiger partial charge in [0.2, 0.25) is 0 Å². The number of halogens is 1. The predicted octanol–water partition coefficient (Wildman–Crippen LogP) is 0.607. The van der Waals surface area contributed by atoms with Crippen LogP contribution in [0.5, 0.6) is 0 Å². The van der Waals surface area contributed by atoms with Crippen LogP contribution in [0.3, 0.4) is 0 Å². The number of carboxylic acids is 1. The standard InChI is InChI=1S/C9H10BrNO5/c10-7-2-1-6(16-7)8(13)11-5(3-4-12)9(14)15/h1-2,5,12H,3-4H2,(H,11,13)(H,14,15)/t5-/m1/s1. The summed E-state index contributed by atoms with van der Waals surface area (Å²) in [5.74, 6) is -1.82. The Balaban J connectivity index is 2.65. The molecule has 0 fully saturated rings. The van der Waals surface area contributed by atoms with Crippen molar-refractivity contribution in [1.82, 2.24) is 5.32 Å². The van der Waals surface area contributed by atoms with Crippen molar-refractivity contribution in [2.24, 2.45) is 0 Å². The van der Waals surface area contributed by atoms with E-state index in [9.17, 15) is 9.59 Å². The van der Waals surface area contributed by atoms with Gasteiger partial charge in [-0.05, 0) is 28.1 Å². The average molecular weight is 292 g/mol. The second-order valence-electron chi connectivity index (χ2n) is 2.98. The minimum Gasteiger partial charge on any atom is -0.480 e. The maximum Gasteiger partial charge on any atom is 0.326 e. The molecule has 0 saturated heterocycles. The first-order valence-electron chi connectivity index (χ1n) is 4.44. The summed E-state index contributed by atoms with van der Waals surface area (Å²) < 4.78 is 5.33.